The number of nitrogens with one attached hydrogen (secondary N) is 1. The summed E-state index contributed by atoms with van der Waals surface area (Å²) >= 11 is 0. The molecule has 0 heterocycles. The van der Waals surface area contributed by atoms with Gasteiger partial charge in [0.25, 0.3) is 0 Å². The Bertz CT molecular complexity index is 297. The maximum absolute atomic E-state index is 10.5. The molecule has 0 saturated carbocycles. The molecule has 2 unspecified atom stereocenters. The van der Waals surface area contributed by atoms with Crippen LogP contribution in [0.15, 0.2) is 30.3 Å². The topological polar surface area (TPSA) is 69.6 Å². The summed E-state index contributed by atoms with van der Waals surface area (Å²) in [6, 6.07) is 8.40. The predicted octanol–water partition coefficient (Wildman–Crippen LogP) is 1.38. The lowest BCUT2D eigenvalue weighted by atomic mass is 10.0. The summed E-state index contributed by atoms with van der Waals surface area (Å²) in [5, 5.41) is 20.2. The molecule has 0 bridgehead atoms. The van der Waals surface area contributed by atoms with Crippen LogP contribution in [0.2, 0.25) is 0 Å². The van der Waals surface area contributed by atoms with Gasteiger partial charge < -0.3 is 15.5 Å². The molecule has 14 heavy (non-hydrogen) atoms. The van der Waals surface area contributed by atoms with E-state index in [4.69, 9.17) is 5.11 Å². The maximum atomic E-state index is 10.5. The minimum atomic E-state index is -1.14. The first-order valence-corrected chi connectivity index (χ1v) is 4.33. The van der Waals surface area contributed by atoms with Gasteiger partial charge in [-0.3, -0.25) is 0 Å². The molecule has 0 saturated heterocycles. The number of aliphatic hydroxyl groups is 1. The number of aliphatic hydroxyl groups excluding tert-OH is 1. The van der Waals surface area contributed by atoms with Crippen molar-refractivity contribution in [2.75, 3.05) is 0 Å². The molecule has 1 rings (SSSR count). The second-order valence-corrected chi connectivity index (χ2v) is 3.08. The third-order valence-corrected chi connectivity index (χ3v) is 1.92. The quantitative estimate of drug-likeness (QED) is 0.682. The van der Waals surface area contributed by atoms with Crippen molar-refractivity contribution < 1.29 is 15.0 Å². The molecule has 0 aliphatic carbocycles. The van der Waals surface area contributed by atoms with Gasteiger partial charge in [-0.15, -0.1) is 0 Å². The molecule has 1 aromatic rings. The number of hydrogen-bond donors (Lipinski definition) is 3. The lowest BCUT2D eigenvalue weighted by Crippen LogP contribution is -2.33. The first kappa shape index (κ1) is 10.5. The van der Waals surface area contributed by atoms with Crippen LogP contribution in [0.5, 0.6) is 0 Å². The minimum Gasteiger partial charge on any atom is -0.465 e. The van der Waals surface area contributed by atoms with E-state index >= 15 is 0 Å². The minimum absolute atomic E-state index is 0.575. The molecule has 0 spiro atoms. The summed E-state index contributed by atoms with van der Waals surface area (Å²) in [5.74, 6) is 0. The monoisotopic (exact) mass is 195 g/mol. The average Bonchev–Trinajstić information content (AvgIpc) is 2.15. The Morgan fingerprint density at radius 1 is 1.36 bits per heavy atom. The Kier molecular flexibility index (Phi) is 3.48. The third kappa shape index (κ3) is 2.74. The Balaban J connectivity index is 2.83. The SMILES string of the molecule is CC(O)C(NC(=O)O)c1ccccc1. The average molecular weight is 195 g/mol. The van der Waals surface area contributed by atoms with Gasteiger partial charge in [0.15, 0.2) is 0 Å². The van der Waals surface area contributed by atoms with Crippen LogP contribution in [0, 0.1) is 0 Å². The number of rotatable bonds is 3. The Morgan fingerprint density at radius 3 is 2.36 bits per heavy atom. The van der Waals surface area contributed by atoms with Crippen molar-refractivity contribution in [2.24, 2.45) is 0 Å². The van der Waals surface area contributed by atoms with E-state index < -0.39 is 18.2 Å². The molecule has 0 radical (unpaired) electrons. The van der Waals surface area contributed by atoms with Crippen molar-refractivity contribution in [1.82, 2.24) is 5.32 Å². The lowest BCUT2D eigenvalue weighted by molar-refractivity contribution is 0.133. The number of hydrogen-bond acceptors (Lipinski definition) is 2. The molecule has 0 fully saturated rings. The number of benzene rings is 1. The van der Waals surface area contributed by atoms with Gasteiger partial charge >= 0.3 is 6.09 Å². The molecule has 1 amide bonds. The zero-order chi connectivity index (χ0) is 10.6. The zero-order valence-electron chi connectivity index (χ0n) is 7.84. The molecule has 4 heteroatoms. The second kappa shape index (κ2) is 4.62. The fourth-order valence-corrected chi connectivity index (χ4v) is 1.28. The molecule has 0 aliphatic rings. The van der Waals surface area contributed by atoms with E-state index in [-0.39, 0.29) is 0 Å². The van der Waals surface area contributed by atoms with Gasteiger partial charge in [-0.25, -0.2) is 4.79 Å². The molecule has 3 N–H and O–H groups in total. The molecule has 0 aliphatic heterocycles. The molecule has 76 valence electrons. The highest BCUT2D eigenvalue weighted by Gasteiger charge is 2.18. The standard InChI is InChI=1S/C10H13NO3/c1-7(12)9(11-10(13)14)8-5-3-2-4-6-8/h2-7,9,11-12H,1H3,(H,13,14). The number of amides is 1. The van der Waals surface area contributed by atoms with Crippen LogP contribution < -0.4 is 5.32 Å². The van der Waals surface area contributed by atoms with E-state index in [9.17, 15) is 9.90 Å². The Morgan fingerprint density at radius 2 is 1.93 bits per heavy atom. The summed E-state index contributed by atoms with van der Waals surface area (Å²) in [7, 11) is 0. The fourth-order valence-electron chi connectivity index (χ4n) is 1.28. The van der Waals surface area contributed by atoms with Crippen molar-refractivity contribution in [3.63, 3.8) is 0 Å². The predicted molar refractivity (Wildman–Crippen MR) is 52.0 cm³/mol. The van der Waals surface area contributed by atoms with E-state index in [0.717, 1.165) is 5.56 Å². The summed E-state index contributed by atoms with van der Waals surface area (Å²) in [6.45, 7) is 1.55. The van der Waals surface area contributed by atoms with E-state index in [1.54, 1.807) is 31.2 Å². The van der Waals surface area contributed by atoms with Crippen LogP contribution in [0.25, 0.3) is 0 Å². The van der Waals surface area contributed by atoms with Crippen molar-refractivity contribution >= 4 is 6.09 Å². The Labute approximate surface area is 82.2 Å². The van der Waals surface area contributed by atoms with Crippen LogP contribution in [0.4, 0.5) is 4.79 Å². The van der Waals surface area contributed by atoms with Crippen molar-refractivity contribution in [1.29, 1.82) is 0 Å². The highest BCUT2D eigenvalue weighted by atomic mass is 16.4. The molecule has 0 aromatic heterocycles. The largest absolute Gasteiger partial charge is 0.465 e. The molecule has 4 nitrogen and oxygen atoms in total. The van der Waals surface area contributed by atoms with Gasteiger partial charge in [0, 0.05) is 0 Å². The molecule has 2 atom stereocenters. The smallest absolute Gasteiger partial charge is 0.405 e. The van der Waals surface area contributed by atoms with Gasteiger partial charge in [-0.05, 0) is 12.5 Å². The normalized spacial score (nSPS) is 14.4. The maximum Gasteiger partial charge on any atom is 0.405 e. The lowest BCUT2D eigenvalue weighted by Gasteiger charge is -2.19. The van der Waals surface area contributed by atoms with Gasteiger partial charge in [-0.2, -0.15) is 0 Å². The van der Waals surface area contributed by atoms with Gasteiger partial charge in [-0.1, -0.05) is 30.3 Å². The zero-order valence-corrected chi connectivity index (χ0v) is 7.84. The van der Waals surface area contributed by atoms with Crippen LogP contribution in [0.1, 0.15) is 18.5 Å². The summed E-state index contributed by atoms with van der Waals surface area (Å²) < 4.78 is 0. The van der Waals surface area contributed by atoms with E-state index in [0.29, 0.717) is 0 Å². The van der Waals surface area contributed by atoms with E-state index in [1.165, 1.54) is 0 Å². The highest BCUT2D eigenvalue weighted by Crippen LogP contribution is 2.16. The number of carbonyl (C=O) groups is 1. The van der Waals surface area contributed by atoms with Crippen molar-refractivity contribution in [3.8, 4) is 0 Å². The van der Waals surface area contributed by atoms with Crippen molar-refractivity contribution in [2.45, 2.75) is 19.1 Å². The first-order valence-electron chi connectivity index (χ1n) is 4.33. The van der Waals surface area contributed by atoms with E-state index in [1.807, 2.05) is 6.07 Å². The second-order valence-electron chi connectivity index (χ2n) is 3.08. The van der Waals surface area contributed by atoms with Crippen LogP contribution >= 0.6 is 0 Å². The van der Waals surface area contributed by atoms with Gasteiger partial charge in [0.1, 0.15) is 0 Å². The fraction of sp³-hybridized carbons (Fsp3) is 0.300. The van der Waals surface area contributed by atoms with Crippen molar-refractivity contribution in [3.05, 3.63) is 35.9 Å². The molecular formula is C10H13NO3. The third-order valence-electron chi connectivity index (χ3n) is 1.92. The van der Waals surface area contributed by atoms with Crippen LogP contribution in [0.3, 0.4) is 0 Å². The highest BCUT2D eigenvalue weighted by molar-refractivity contribution is 5.65. The van der Waals surface area contributed by atoms with Crippen LogP contribution in [-0.2, 0) is 0 Å². The first-order chi connectivity index (χ1) is 6.61. The summed E-state index contributed by atoms with van der Waals surface area (Å²) in [4.78, 5) is 10.5. The number of carboxylic acid groups (broad SMARTS) is 1. The summed E-state index contributed by atoms with van der Waals surface area (Å²) in [5.41, 5.74) is 0.755. The van der Waals surface area contributed by atoms with Gasteiger partial charge in [0.2, 0.25) is 0 Å². The van der Waals surface area contributed by atoms with Crippen LogP contribution in [-0.4, -0.2) is 22.4 Å². The Hall–Kier alpha value is -1.55. The van der Waals surface area contributed by atoms with E-state index in [2.05, 4.69) is 5.32 Å². The molecular weight excluding hydrogens is 182 g/mol. The summed E-state index contributed by atoms with van der Waals surface area (Å²) in [6.07, 6.45) is -1.90. The molecule has 1 aromatic carbocycles. The van der Waals surface area contributed by atoms with Gasteiger partial charge in [0.05, 0.1) is 12.1 Å².